The first-order valence-electron chi connectivity index (χ1n) is 11.7. The van der Waals surface area contributed by atoms with Crippen molar-refractivity contribution in [2.45, 2.75) is 65.6 Å². The minimum atomic E-state index is -3.55. The van der Waals surface area contributed by atoms with Gasteiger partial charge in [0.05, 0.1) is 11.9 Å². The third kappa shape index (κ3) is 8.68. The van der Waals surface area contributed by atoms with Crippen molar-refractivity contribution in [1.29, 1.82) is 0 Å². The number of anilines is 1. The molecule has 7 nitrogen and oxygen atoms in total. The van der Waals surface area contributed by atoms with Crippen molar-refractivity contribution in [2.75, 3.05) is 17.1 Å². The zero-order valence-corrected chi connectivity index (χ0v) is 24.0. The number of benzene rings is 2. The smallest absolute Gasteiger partial charge is 0.242 e. The van der Waals surface area contributed by atoms with Crippen LogP contribution in [-0.4, -0.2) is 49.5 Å². The molecule has 2 rings (SSSR count). The van der Waals surface area contributed by atoms with E-state index >= 15 is 0 Å². The molecule has 2 aromatic carbocycles. The second kappa shape index (κ2) is 12.3. The Hall–Kier alpha value is -2.29. The van der Waals surface area contributed by atoms with Crippen molar-refractivity contribution in [3.63, 3.8) is 0 Å². The van der Waals surface area contributed by atoms with Crippen molar-refractivity contribution < 1.29 is 18.0 Å². The number of carbonyl (C=O) groups is 2. The summed E-state index contributed by atoms with van der Waals surface area (Å²) in [6.07, 6.45) is 1.44. The number of carbonyl (C=O) groups excluding carboxylic acids is 2. The van der Waals surface area contributed by atoms with Crippen LogP contribution >= 0.6 is 23.2 Å². The number of nitrogens with one attached hydrogen (secondary N) is 1. The SMILES string of the molecule is Cc1cccc(N(CCCC(=O)N(Cc2c(Cl)cccc2Cl)[C@@H](C)C(=O)NC(C)(C)C)S(C)(=O)=O)c1. The summed E-state index contributed by atoms with van der Waals surface area (Å²) in [5.74, 6) is -0.614. The van der Waals surface area contributed by atoms with Gasteiger partial charge in [0.2, 0.25) is 21.8 Å². The van der Waals surface area contributed by atoms with E-state index < -0.39 is 21.6 Å². The first kappa shape index (κ1) is 29.9. The van der Waals surface area contributed by atoms with Crippen molar-refractivity contribution in [3.05, 3.63) is 63.6 Å². The van der Waals surface area contributed by atoms with E-state index in [1.54, 1.807) is 43.3 Å². The number of sulfonamides is 1. The summed E-state index contributed by atoms with van der Waals surface area (Å²) in [4.78, 5) is 27.8. The van der Waals surface area contributed by atoms with Crippen LogP contribution in [0, 0.1) is 6.92 Å². The average Bonchev–Trinajstić information content (AvgIpc) is 2.74. The van der Waals surface area contributed by atoms with Crippen LogP contribution in [0.3, 0.4) is 0 Å². The molecule has 0 saturated heterocycles. The number of amides is 2. The molecular weight excluding hydrogens is 521 g/mol. The highest BCUT2D eigenvalue weighted by molar-refractivity contribution is 7.92. The highest BCUT2D eigenvalue weighted by atomic mass is 35.5. The Morgan fingerprint density at radius 2 is 1.64 bits per heavy atom. The molecule has 1 atom stereocenters. The molecule has 0 unspecified atom stereocenters. The quantitative estimate of drug-likeness (QED) is 0.437. The molecule has 0 saturated carbocycles. The van der Waals surface area contributed by atoms with Crippen molar-refractivity contribution in [2.24, 2.45) is 0 Å². The molecular formula is C26H35Cl2N3O4S. The van der Waals surface area contributed by atoms with Gasteiger partial charge < -0.3 is 10.2 Å². The van der Waals surface area contributed by atoms with Gasteiger partial charge in [0.25, 0.3) is 0 Å². The van der Waals surface area contributed by atoms with E-state index in [1.807, 2.05) is 33.8 Å². The van der Waals surface area contributed by atoms with E-state index in [9.17, 15) is 18.0 Å². The Kier molecular flexibility index (Phi) is 10.2. The molecule has 0 aromatic heterocycles. The molecule has 0 aliphatic rings. The molecule has 0 bridgehead atoms. The van der Waals surface area contributed by atoms with Gasteiger partial charge in [-0.2, -0.15) is 0 Å². The van der Waals surface area contributed by atoms with Crippen molar-refractivity contribution >= 4 is 50.7 Å². The van der Waals surface area contributed by atoms with E-state index in [1.165, 1.54) is 9.21 Å². The predicted molar refractivity (Wildman–Crippen MR) is 147 cm³/mol. The van der Waals surface area contributed by atoms with Crippen LogP contribution in [0.2, 0.25) is 10.0 Å². The number of rotatable bonds is 10. The second-order valence-corrected chi connectivity index (χ2v) is 12.6. The lowest BCUT2D eigenvalue weighted by atomic mass is 10.1. The molecule has 0 radical (unpaired) electrons. The van der Waals surface area contributed by atoms with E-state index in [0.29, 0.717) is 21.3 Å². The maximum absolute atomic E-state index is 13.4. The molecule has 36 heavy (non-hydrogen) atoms. The van der Waals surface area contributed by atoms with E-state index in [2.05, 4.69) is 5.32 Å². The maximum Gasteiger partial charge on any atom is 0.242 e. The molecule has 2 aromatic rings. The molecule has 0 aliphatic carbocycles. The fourth-order valence-electron chi connectivity index (χ4n) is 3.70. The van der Waals surface area contributed by atoms with Crippen LogP contribution in [0.4, 0.5) is 5.69 Å². The number of halogens is 2. The van der Waals surface area contributed by atoms with Gasteiger partial charge in [-0.15, -0.1) is 0 Å². The standard InChI is InChI=1S/C26H35Cl2N3O4S/c1-18-10-7-11-20(16-18)31(36(6,34)35)15-9-14-24(32)30(19(2)25(33)29-26(3,4)5)17-21-22(27)12-8-13-23(21)28/h7-8,10-13,16,19H,9,14-15,17H2,1-6H3,(H,29,33)/t19-/m0/s1. The zero-order chi connectivity index (χ0) is 27.3. The van der Waals surface area contributed by atoms with Crippen LogP contribution in [0.5, 0.6) is 0 Å². The monoisotopic (exact) mass is 555 g/mol. The van der Waals surface area contributed by atoms with Gasteiger partial charge in [-0.25, -0.2) is 8.42 Å². The van der Waals surface area contributed by atoms with Crippen LogP contribution in [0.25, 0.3) is 0 Å². The fraction of sp³-hybridized carbons (Fsp3) is 0.462. The molecule has 1 N–H and O–H groups in total. The molecule has 10 heteroatoms. The summed E-state index contributed by atoms with van der Waals surface area (Å²) in [5, 5.41) is 3.69. The summed E-state index contributed by atoms with van der Waals surface area (Å²) in [5.41, 5.74) is 1.54. The molecule has 0 heterocycles. The Bertz CT molecular complexity index is 1180. The number of nitrogens with zero attached hydrogens (tertiary/aromatic N) is 2. The first-order chi connectivity index (χ1) is 16.6. The van der Waals surface area contributed by atoms with Crippen LogP contribution in [-0.2, 0) is 26.2 Å². The fourth-order valence-corrected chi connectivity index (χ4v) is 5.17. The average molecular weight is 557 g/mol. The second-order valence-electron chi connectivity index (χ2n) is 9.91. The van der Waals surface area contributed by atoms with Crippen LogP contribution in [0.1, 0.15) is 51.7 Å². The van der Waals surface area contributed by atoms with Gasteiger partial charge in [0.1, 0.15) is 6.04 Å². The van der Waals surface area contributed by atoms with Gasteiger partial charge in [0, 0.05) is 40.7 Å². The third-order valence-electron chi connectivity index (χ3n) is 5.50. The zero-order valence-electron chi connectivity index (χ0n) is 21.6. The largest absolute Gasteiger partial charge is 0.350 e. The highest BCUT2D eigenvalue weighted by Crippen LogP contribution is 2.27. The summed E-state index contributed by atoms with van der Waals surface area (Å²) in [6, 6.07) is 11.4. The maximum atomic E-state index is 13.4. The predicted octanol–water partition coefficient (Wildman–Crippen LogP) is 5.18. The van der Waals surface area contributed by atoms with E-state index in [0.717, 1.165) is 11.8 Å². The van der Waals surface area contributed by atoms with Gasteiger partial charge >= 0.3 is 0 Å². The van der Waals surface area contributed by atoms with Gasteiger partial charge in [0.15, 0.2) is 0 Å². The Balaban J connectivity index is 2.25. The number of aryl methyl sites for hydroxylation is 1. The van der Waals surface area contributed by atoms with Crippen LogP contribution < -0.4 is 9.62 Å². The third-order valence-corrected chi connectivity index (χ3v) is 7.40. The van der Waals surface area contributed by atoms with Crippen molar-refractivity contribution in [1.82, 2.24) is 10.2 Å². The van der Waals surface area contributed by atoms with Crippen LogP contribution in [0.15, 0.2) is 42.5 Å². The summed E-state index contributed by atoms with van der Waals surface area (Å²) >= 11 is 12.7. The van der Waals surface area contributed by atoms with E-state index in [-0.39, 0.29) is 37.7 Å². The Morgan fingerprint density at radius 3 is 2.17 bits per heavy atom. The number of hydrogen-bond donors (Lipinski definition) is 1. The minimum absolute atomic E-state index is 0.0348. The lowest BCUT2D eigenvalue weighted by Gasteiger charge is -2.32. The normalized spacial score (nSPS) is 12.7. The Labute approximate surface area is 224 Å². The Morgan fingerprint density at radius 1 is 1.06 bits per heavy atom. The van der Waals surface area contributed by atoms with Gasteiger partial charge in [-0.3, -0.25) is 13.9 Å². The lowest BCUT2D eigenvalue weighted by molar-refractivity contribution is -0.141. The van der Waals surface area contributed by atoms with Gasteiger partial charge in [-0.05, 0) is 70.9 Å². The summed E-state index contributed by atoms with van der Waals surface area (Å²) < 4.78 is 26.2. The lowest BCUT2D eigenvalue weighted by Crippen LogP contribution is -2.52. The van der Waals surface area contributed by atoms with Crippen molar-refractivity contribution in [3.8, 4) is 0 Å². The number of hydrogen-bond acceptors (Lipinski definition) is 4. The molecule has 2 amide bonds. The van der Waals surface area contributed by atoms with Gasteiger partial charge in [-0.1, -0.05) is 41.4 Å². The minimum Gasteiger partial charge on any atom is -0.350 e. The molecule has 198 valence electrons. The topological polar surface area (TPSA) is 86.8 Å². The van der Waals surface area contributed by atoms with E-state index in [4.69, 9.17) is 23.2 Å². The summed E-state index contributed by atoms with van der Waals surface area (Å²) in [6.45, 7) is 9.29. The first-order valence-corrected chi connectivity index (χ1v) is 14.3. The molecule has 0 aliphatic heterocycles. The summed E-state index contributed by atoms with van der Waals surface area (Å²) in [7, 11) is -3.55. The molecule has 0 fully saturated rings. The highest BCUT2D eigenvalue weighted by Gasteiger charge is 2.29. The molecule has 0 spiro atoms.